The quantitative estimate of drug-likeness (QED) is 0.924. The van der Waals surface area contributed by atoms with Crippen molar-refractivity contribution >= 4 is 5.91 Å². The number of carbonyl (C=O) groups is 1. The van der Waals surface area contributed by atoms with Crippen LogP contribution in [0.4, 0.5) is 0 Å². The lowest BCUT2D eigenvalue weighted by Gasteiger charge is -2.36. The van der Waals surface area contributed by atoms with Crippen molar-refractivity contribution in [1.82, 2.24) is 9.80 Å². The van der Waals surface area contributed by atoms with Crippen molar-refractivity contribution in [2.45, 2.75) is 57.1 Å². The molecular formula is C20H32N2O2. The molecule has 1 aliphatic heterocycles. The van der Waals surface area contributed by atoms with E-state index < -0.39 is 6.10 Å². The van der Waals surface area contributed by atoms with Crippen molar-refractivity contribution in [3.05, 3.63) is 35.9 Å². The van der Waals surface area contributed by atoms with Crippen molar-refractivity contribution in [3.63, 3.8) is 0 Å². The lowest BCUT2D eigenvalue weighted by atomic mass is 10.0. The minimum absolute atomic E-state index is 0.177. The van der Waals surface area contributed by atoms with E-state index in [1.165, 1.54) is 32.1 Å². The van der Waals surface area contributed by atoms with E-state index >= 15 is 0 Å². The Labute approximate surface area is 146 Å². The van der Waals surface area contributed by atoms with E-state index in [1.807, 2.05) is 18.2 Å². The lowest BCUT2D eigenvalue weighted by Crippen LogP contribution is -2.46. The Hall–Kier alpha value is -1.39. The fourth-order valence-electron chi connectivity index (χ4n) is 3.44. The third-order valence-corrected chi connectivity index (χ3v) is 5.11. The average molecular weight is 332 g/mol. The number of rotatable bonds is 3. The van der Waals surface area contributed by atoms with Crippen molar-refractivity contribution in [1.29, 1.82) is 0 Å². The molecule has 1 saturated carbocycles. The van der Waals surface area contributed by atoms with Crippen LogP contribution in [0, 0.1) is 0 Å². The summed E-state index contributed by atoms with van der Waals surface area (Å²) in [6, 6.07) is 9.67. The molecular weight excluding hydrogens is 300 g/mol. The number of aliphatic hydroxyl groups is 1. The first-order valence-corrected chi connectivity index (χ1v) is 9.28. The number of amides is 1. The fraction of sp³-hybridized carbons (Fsp3) is 0.650. The van der Waals surface area contributed by atoms with Crippen LogP contribution in [0.2, 0.25) is 0 Å². The van der Waals surface area contributed by atoms with Gasteiger partial charge in [-0.2, -0.15) is 0 Å². The molecule has 0 radical (unpaired) electrons. The summed E-state index contributed by atoms with van der Waals surface area (Å²) in [5, 5.41) is 10.1. The van der Waals surface area contributed by atoms with E-state index in [0.717, 1.165) is 25.9 Å². The Kier molecular flexibility index (Phi) is 7.73. The largest absolute Gasteiger partial charge is 0.378 e. The molecule has 1 amide bonds. The first-order valence-electron chi connectivity index (χ1n) is 9.28. The second-order valence-electron chi connectivity index (χ2n) is 7.10. The third kappa shape index (κ3) is 5.60. The average Bonchev–Trinajstić information content (AvgIpc) is 3.21. The van der Waals surface area contributed by atoms with Crippen LogP contribution in [0.25, 0.3) is 0 Å². The highest BCUT2D eigenvalue weighted by molar-refractivity contribution is 5.82. The molecule has 1 saturated heterocycles. The van der Waals surface area contributed by atoms with Gasteiger partial charge in [0.25, 0.3) is 5.91 Å². The molecule has 0 bridgehead atoms. The molecule has 1 atom stereocenters. The summed E-state index contributed by atoms with van der Waals surface area (Å²) in [6.45, 7) is 1.46. The van der Waals surface area contributed by atoms with E-state index in [2.05, 4.69) is 19.0 Å². The van der Waals surface area contributed by atoms with Crippen LogP contribution in [0.15, 0.2) is 30.3 Å². The minimum Gasteiger partial charge on any atom is -0.378 e. The molecule has 134 valence electrons. The van der Waals surface area contributed by atoms with Crippen molar-refractivity contribution < 1.29 is 9.90 Å². The number of piperidine rings is 1. The molecule has 0 spiro atoms. The van der Waals surface area contributed by atoms with Crippen LogP contribution in [0.1, 0.15) is 56.6 Å². The Bertz CT molecular complexity index is 470. The zero-order valence-electron chi connectivity index (χ0n) is 15.2. The molecule has 24 heavy (non-hydrogen) atoms. The summed E-state index contributed by atoms with van der Waals surface area (Å²) in [6.07, 6.45) is 8.41. The monoisotopic (exact) mass is 332 g/mol. The van der Waals surface area contributed by atoms with Gasteiger partial charge in [0.1, 0.15) is 0 Å². The zero-order valence-corrected chi connectivity index (χ0v) is 15.2. The molecule has 2 fully saturated rings. The van der Waals surface area contributed by atoms with Crippen LogP contribution >= 0.6 is 0 Å². The topological polar surface area (TPSA) is 43.8 Å². The highest BCUT2D eigenvalue weighted by Crippen LogP contribution is 2.20. The number of benzene rings is 1. The predicted molar refractivity (Wildman–Crippen MR) is 97.8 cm³/mol. The Morgan fingerprint density at radius 3 is 2.00 bits per heavy atom. The van der Waals surface area contributed by atoms with Crippen LogP contribution in [-0.4, -0.2) is 54.0 Å². The third-order valence-electron chi connectivity index (χ3n) is 5.11. The molecule has 2 aliphatic rings. The van der Waals surface area contributed by atoms with Gasteiger partial charge in [0.2, 0.25) is 0 Å². The van der Waals surface area contributed by atoms with E-state index in [9.17, 15) is 9.90 Å². The molecule has 1 aromatic rings. The number of hydrogen-bond acceptors (Lipinski definition) is 3. The maximum Gasteiger partial charge on any atom is 0.256 e. The number of carbonyl (C=O) groups excluding carboxylic acids is 1. The first-order chi connectivity index (χ1) is 11.6. The standard InChI is InChI=1S/C15H22N2O2.C5H10/c1-16(2)13-8-10-17(11-9-13)15(19)14(18)12-6-4-3-5-7-12;1-2-4-5-3-1/h3-7,13-14,18H,8-11H2,1-2H3;1-5H2. The number of hydrogen-bond donors (Lipinski definition) is 1. The van der Waals surface area contributed by atoms with Crippen LogP contribution in [0.5, 0.6) is 0 Å². The summed E-state index contributed by atoms with van der Waals surface area (Å²) >= 11 is 0. The summed E-state index contributed by atoms with van der Waals surface area (Å²) in [5.41, 5.74) is 0.669. The number of aliphatic hydroxyl groups excluding tert-OH is 1. The summed E-state index contributed by atoms with van der Waals surface area (Å²) in [4.78, 5) is 16.2. The smallest absolute Gasteiger partial charge is 0.256 e. The van der Waals surface area contributed by atoms with Gasteiger partial charge in [-0.25, -0.2) is 0 Å². The van der Waals surface area contributed by atoms with Crippen LogP contribution in [-0.2, 0) is 4.79 Å². The Balaban J connectivity index is 0.000000355. The molecule has 3 rings (SSSR count). The Morgan fingerprint density at radius 2 is 1.54 bits per heavy atom. The van der Waals surface area contributed by atoms with E-state index in [1.54, 1.807) is 17.0 Å². The normalized spacial score (nSPS) is 19.8. The van der Waals surface area contributed by atoms with E-state index in [4.69, 9.17) is 0 Å². The lowest BCUT2D eigenvalue weighted by molar-refractivity contribution is -0.142. The molecule has 1 heterocycles. The van der Waals surface area contributed by atoms with Gasteiger partial charge in [0.15, 0.2) is 6.10 Å². The second kappa shape index (κ2) is 9.80. The highest BCUT2D eigenvalue weighted by Gasteiger charge is 2.28. The predicted octanol–water partition coefficient (Wildman–Crippen LogP) is 3.22. The molecule has 1 N–H and O–H groups in total. The van der Waals surface area contributed by atoms with Crippen LogP contribution < -0.4 is 0 Å². The summed E-state index contributed by atoms with van der Waals surface area (Å²) < 4.78 is 0. The first kappa shape index (κ1) is 18.9. The zero-order chi connectivity index (χ0) is 17.4. The van der Waals surface area contributed by atoms with Gasteiger partial charge in [0.05, 0.1) is 0 Å². The SMILES string of the molecule is C1CCCC1.CN(C)C1CCN(C(=O)C(O)c2ccccc2)CC1. The molecule has 1 unspecified atom stereocenters. The van der Waals surface area contributed by atoms with Crippen molar-refractivity contribution in [2.24, 2.45) is 0 Å². The summed E-state index contributed by atoms with van der Waals surface area (Å²) in [5.74, 6) is -0.177. The van der Waals surface area contributed by atoms with Gasteiger partial charge in [-0.15, -0.1) is 0 Å². The number of nitrogens with zero attached hydrogens (tertiary/aromatic N) is 2. The number of likely N-dealkylation sites (tertiary alicyclic amines) is 1. The van der Waals surface area contributed by atoms with Gasteiger partial charge in [0, 0.05) is 19.1 Å². The molecule has 0 aromatic heterocycles. The van der Waals surface area contributed by atoms with Crippen molar-refractivity contribution in [3.8, 4) is 0 Å². The van der Waals surface area contributed by atoms with E-state index in [-0.39, 0.29) is 5.91 Å². The summed E-state index contributed by atoms with van der Waals surface area (Å²) in [7, 11) is 4.14. The molecule has 1 aromatic carbocycles. The van der Waals surface area contributed by atoms with Crippen LogP contribution in [0.3, 0.4) is 0 Å². The Morgan fingerprint density at radius 1 is 1.04 bits per heavy atom. The van der Waals surface area contributed by atoms with Gasteiger partial charge >= 0.3 is 0 Å². The van der Waals surface area contributed by atoms with Crippen molar-refractivity contribution in [2.75, 3.05) is 27.2 Å². The van der Waals surface area contributed by atoms with Gasteiger partial charge in [-0.1, -0.05) is 62.4 Å². The maximum absolute atomic E-state index is 12.2. The maximum atomic E-state index is 12.2. The highest BCUT2D eigenvalue weighted by atomic mass is 16.3. The van der Waals surface area contributed by atoms with Gasteiger partial charge in [-0.05, 0) is 32.5 Å². The van der Waals surface area contributed by atoms with Gasteiger partial charge < -0.3 is 14.9 Å². The molecule has 4 nitrogen and oxygen atoms in total. The molecule has 4 heteroatoms. The van der Waals surface area contributed by atoms with Gasteiger partial charge in [-0.3, -0.25) is 4.79 Å². The minimum atomic E-state index is -1.03. The molecule has 1 aliphatic carbocycles. The fourth-order valence-corrected chi connectivity index (χ4v) is 3.44. The van der Waals surface area contributed by atoms with E-state index in [0.29, 0.717) is 11.6 Å². The second-order valence-corrected chi connectivity index (χ2v) is 7.10.